The molecule has 42 nitrogen and oxygen atoms in total. The highest BCUT2D eigenvalue weighted by atomic mass is 31.2. The van der Waals surface area contributed by atoms with Crippen LogP contribution in [-0.2, 0) is 90.1 Å². The number of hydrogen-bond acceptors (Lipinski definition) is 32. The summed E-state index contributed by atoms with van der Waals surface area (Å²) in [5.41, 5.74) is 0. The van der Waals surface area contributed by atoms with Crippen LogP contribution in [0.2, 0.25) is 0 Å². The van der Waals surface area contributed by atoms with Gasteiger partial charge in [0.05, 0.1) is 33.0 Å². The van der Waals surface area contributed by atoms with Gasteiger partial charge in [-0.3, -0.25) is 47.7 Å². The van der Waals surface area contributed by atoms with E-state index in [2.05, 4.69) is 31.9 Å². The van der Waals surface area contributed by atoms with Crippen molar-refractivity contribution >= 4 is 60.8 Å². The Balaban J connectivity index is 1.53. The van der Waals surface area contributed by atoms with Crippen molar-refractivity contribution in [2.45, 2.75) is 233 Å². The van der Waals surface area contributed by atoms with Crippen LogP contribution in [0.4, 0.5) is 0 Å². The number of aliphatic hydroxyl groups excluding tert-OH is 13. The Morgan fingerprint density at radius 2 is 0.664 bits per heavy atom. The maximum atomic E-state index is 14.3. The summed E-state index contributed by atoms with van der Waals surface area (Å²) < 4.78 is 62.7. The van der Waals surface area contributed by atoms with Gasteiger partial charge in [0, 0.05) is 139 Å². The maximum absolute atomic E-state index is 14.3. The van der Waals surface area contributed by atoms with Crippen molar-refractivity contribution in [2.24, 2.45) is 0 Å². The molecule has 0 bridgehead atoms. The summed E-state index contributed by atoms with van der Waals surface area (Å²) in [4.78, 5) is 131. The van der Waals surface area contributed by atoms with E-state index in [4.69, 9.17) is 42.4 Å². The van der Waals surface area contributed by atoms with E-state index in [1.54, 1.807) is 0 Å². The zero-order valence-corrected chi connectivity index (χ0v) is 61.8. The van der Waals surface area contributed by atoms with Gasteiger partial charge in [0.15, 0.2) is 31.3 Å². The van der Waals surface area contributed by atoms with Crippen molar-refractivity contribution in [3.8, 4) is 0 Å². The van der Waals surface area contributed by atoms with E-state index in [9.17, 15) is 119 Å². The van der Waals surface area contributed by atoms with Gasteiger partial charge in [-0.05, 0) is 51.4 Å². The van der Waals surface area contributed by atoms with E-state index in [0.29, 0.717) is 0 Å². The fourth-order valence-corrected chi connectivity index (χ4v) is 12.4. The number of nitrogens with one attached hydrogen (secondary N) is 6. The minimum absolute atomic E-state index is 0.0583. The molecule has 22 atom stereocenters. The second-order valence-corrected chi connectivity index (χ2v) is 28.3. The third-order valence-corrected chi connectivity index (χ3v) is 18.4. The Morgan fingerprint density at radius 3 is 0.916 bits per heavy atom. The van der Waals surface area contributed by atoms with Gasteiger partial charge in [-0.15, -0.1) is 0 Å². The molecule has 4 aliphatic rings. The fraction of sp³-hybridized carbons (Fsp3) is 0.859. The van der Waals surface area contributed by atoms with Crippen LogP contribution in [0.15, 0.2) is 0 Å². The summed E-state index contributed by atoms with van der Waals surface area (Å²) in [5, 5.41) is 150. The molecule has 0 aromatic carbocycles. The van der Waals surface area contributed by atoms with Gasteiger partial charge in [-0.1, -0.05) is 0 Å². The molecule has 4 fully saturated rings. The third kappa shape index (κ3) is 32.0. The van der Waals surface area contributed by atoms with Gasteiger partial charge in [0.25, 0.3) is 5.91 Å². The lowest BCUT2D eigenvalue weighted by Crippen LogP contribution is -2.64. The normalized spacial score (nSPS) is 29.5. The van der Waals surface area contributed by atoms with E-state index in [-0.39, 0.29) is 143 Å². The number of carbonyl (C=O) groups excluding carboxylic acids is 9. The molecule has 0 saturated carbocycles. The van der Waals surface area contributed by atoms with E-state index >= 15 is 0 Å². The Kier molecular flexibility index (Phi) is 42.4. The van der Waals surface area contributed by atoms with Crippen LogP contribution in [0.5, 0.6) is 0 Å². The highest BCUT2D eigenvalue weighted by Gasteiger charge is 2.49. The highest BCUT2D eigenvalue weighted by molar-refractivity contribution is 7.51. The number of amides is 9. The first-order valence-corrected chi connectivity index (χ1v) is 37.7. The molecular formula is C64H114N9O33P. The monoisotopic (exact) mass is 1570 g/mol. The van der Waals surface area contributed by atoms with Crippen LogP contribution < -0.4 is 31.9 Å². The number of aliphatic hydroxyl groups is 13. The molecule has 4 heterocycles. The summed E-state index contributed by atoms with van der Waals surface area (Å²) in [6, 6.07) is -4.90. The average Bonchev–Trinajstić information content (AvgIpc) is 0.826. The minimum atomic E-state index is -4.29. The van der Waals surface area contributed by atoms with Crippen LogP contribution in [0, 0.1) is 0 Å². The Bertz CT molecular complexity index is 2630. The van der Waals surface area contributed by atoms with E-state index in [1.807, 2.05) is 0 Å². The maximum Gasteiger partial charge on any atom is 0.325 e. The van der Waals surface area contributed by atoms with Gasteiger partial charge in [-0.25, -0.2) is 0 Å². The summed E-state index contributed by atoms with van der Waals surface area (Å²) in [6.07, 6.45) is -24.0. The zero-order chi connectivity index (χ0) is 79.7. The zero-order valence-electron chi connectivity index (χ0n) is 60.9. The Labute approximate surface area is 618 Å². The minimum Gasteiger partial charge on any atom is -0.394 e. The summed E-state index contributed by atoms with van der Waals surface area (Å²) >= 11 is 0. The van der Waals surface area contributed by atoms with Gasteiger partial charge in [-0.2, -0.15) is 0 Å². The van der Waals surface area contributed by atoms with Crippen LogP contribution in [0.25, 0.3) is 0 Å². The molecule has 4 rings (SSSR count). The van der Waals surface area contributed by atoms with Crippen molar-refractivity contribution in [1.29, 1.82) is 0 Å². The predicted octanol–water partition coefficient (Wildman–Crippen LogP) is -9.58. The number of nitrogens with zero attached hydrogens (tertiary/aromatic N) is 3. The van der Waals surface area contributed by atoms with Crippen LogP contribution in [0.1, 0.15) is 105 Å². The largest absolute Gasteiger partial charge is 0.394 e. The molecular weight excluding hydrogens is 1450 g/mol. The molecule has 4 aliphatic heterocycles. The Hall–Kier alpha value is -5.46. The summed E-state index contributed by atoms with van der Waals surface area (Å²) in [6.45, 7) is -0.763. The summed E-state index contributed by atoms with van der Waals surface area (Å²) in [7, 11) is -4.29. The molecule has 0 aliphatic carbocycles. The van der Waals surface area contributed by atoms with Gasteiger partial charge in [0.1, 0.15) is 97.4 Å². The van der Waals surface area contributed by atoms with Gasteiger partial charge in [0.2, 0.25) is 47.3 Å². The lowest BCUT2D eigenvalue weighted by atomic mass is 9.97. The van der Waals surface area contributed by atoms with Gasteiger partial charge < -0.3 is 160 Å². The van der Waals surface area contributed by atoms with Crippen molar-refractivity contribution in [3.63, 3.8) is 0 Å². The van der Waals surface area contributed by atoms with Crippen molar-refractivity contribution in [3.05, 3.63) is 0 Å². The SMILES string of the molecule is CC(=O)NC1[C@H](OCCCCC(=O)NCCN(CCN(CCN(CCNC(=O)CCCCO[C@@H]2OC(CO)[C@H](O)[C@H](O)C2NC(C)=O)C(=O)CCCCO[C@@H]2OC(CO)[C@H](O)[C@H](O)C2NC(C)=O)C(=O)C(O)COP(C)(=O)O)C(=O)CCCCO[C@@H]2OC(CO)[C@H](O)[C@H](O)C2NC(C)=O)OC(CO)[C@H](O)[C@@H]1O. The first-order chi connectivity index (χ1) is 50.7. The fourth-order valence-electron chi connectivity index (χ4n) is 12.0. The standard InChI is InChI=1S/C64H114N9O33P/c1-35(78)67-48-56(91)52(87)40(30-74)103-61(48)98-26-10-6-14-44(83)65-18-20-71(46(85)16-8-12-28-100-63-50(69-37(3)80)58(93)54(89)42(32-76)105-63)22-24-73(60(95)39(82)34-102-107(5,96)97)25-23-72(47(86)17-9-13-29-101-64-51(70-38(4)81)59(94)55(90)43(33-77)106-64)21-19-66-45(84)15-7-11-27-99-62-49(68-36(2)79)57(92)53(88)41(31-75)104-62/h39-43,48-59,61-64,74-77,82,87-94H,6-34H2,1-5H3,(H,65,83)(H,66,84)(H,67,78)(H,68,79)(H,69,80)(H,70,81)(H,96,97)/t39?,40?,41?,42?,43?,48?,49?,50?,51?,52-,53-,54-,55-,56+,57+,58+,59+,61+,62+,63+,64+/m0/s1. The molecule has 618 valence electrons. The quantitative estimate of drug-likeness (QED) is 0.0199. The number of ether oxygens (including phenoxy) is 8. The van der Waals surface area contributed by atoms with E-state index in [1.165, 1.54) is 23.6 Å². The van der Waals surface area contributed by atoms with Crippen LogP contribution >= 0.6 is 7.60 Å². The molecule has 0 radical (unpaired) electrons. The number of unbranched alkanes of at least 4 members (excludes halogenated alkanes) is 4. The highest BCUT2D eigenvalue weighted by Crippen LogP contribution is 2.36. The topological polar surface area (TPSA) is 619 Å². The van der Waals surface area contributed by atoms with Crippen LogP contribution in [-0.4, -0.2) is 386 Å². The molecule has 107 heavy (non-hydrogen) atoms. The molecule has 0 aromatic rings. The van der Waals surface area contributed by atoms with Crippen molar-refractivity contribution < 1.29 is 161 Å². The first-order valence-electron chi connectivity index (χ1n) is 35.7. The second kappa shape index (κ2) is 48.3. The Morgan fingerprint density at radius 1 is 0.402 bits per heavy atom. The van der Waals surface area contributed by atoms with E-state index < -0.39 is 236 Å². The lowest BCUT2D eigenvalue weighted by molar-refractivity contribution is -0.270. The summed E-state index contributed by atoms with van der Waals surface area (Å²) in [5.74, 6) is -5.42. The predicted molar refractivity (Wildman–Crippen MR) is 364 cm³/mol. The van der Waals surface area contributed by atoms with Crippen molar-refractivity contribution in [2.75, 3.05) is 118 Å². The molecule has 0 spiro atoms. The van der Waals surface area contributed by atoms with Crippen molar-refractivity contribution in [1.82, 2.24) is 46.6 Å². The van der Waals surface area contributed by atoms with Crippen LogP contribution in [0.3, 0.4) is 0 Å². The number of carbonyl (C=O) groups is 9. The smallest absolute Gasteiger partial charge is 0.325 e. The molecule has 4 saturated heterocycles. The van der Waals surface area contributed by atoms with E-state index in [0.717, 1.165) is 25.4 Å². The molecule has 0 aromatic heterocycles. The molecule has 10 unspecified atom stereocenters. The number of hydrogen-bond donors (Lipinski definition) is 20. The lowest BCUT2D eigenvalue weighted by Gasteiger charge is -2.42. The molecule has 9 amide bonds. The molecule has 43 heteroatoms. The average molecular weight is 1570 g/mol. The first kappa shape index (κ1) is 93.9. The van der Waals surface area contributed by atoms with Gasteiger partial charge >= 0.3 is 7.60 Å². The molecule has 20 N–H and O–H groups in total. The number of rotatable bonds is 48. The second-order valence-electron chi connectivity index (χ2n) is 26.4. The third-order valence-electron chi connectivity index (χ3n) is 17.8.